The van der Waals surface area contributed by atoms with Gasteiger partial charge in [0.1, 0.15) is 6.26 Å². The Morgan fingerprint density at radius 3 is 2.00 bits per heavy atom. The van der Waals surface area contributed by atoms with E-state index in [1.54, 1.807) is 0 Å². The summed E-state index contributed by atoms with van der Waals surface area (Å²) >= 11 is 0. The molecule has 0 saturated heterocycles. The van der Waals surface area contributed by atoms with Crippen LogP contribution in [0.1, 0.15) is 19.3 Å². The van der Waals surface area contributed by atoms with Crippen LogP contribution in [0, 0.1) is 5.92 Å². The van der Waals surface area contributed by atoms with Crippen molar-refractivity contribution in [1.29, 1.82) is 0 Å². The van der Waals surface area contributed by atoms with E-state index in [-0.39, 0.29) is 12.0 Å². The van der Waals surface area contributed by atoms with Crippen molar-refractivity contribution in [2.75, 3.05) is 0 Å². The molecule has 0 fully saturated rings. The summed E-state index contributed by atoms with van der Waals surface area (Å²) in [7, 11) is 0. The molecule has 0 aromatic heterocycles. The van der Waals surface area contributed by atoms with E-state index in [9.17, 15) is 14.4 Å². The third-order valence-corrected chi connectivity index (χ3v) is 1.88. The average molecular weight is 248 g/mol. The van der Waals surface area contributed by atoms with Gasteiger partial charge < -0.3 is 20.2 Å². The number of rotatable bonds is 8. The molecular formula is C9H12O8. The van der Waals surface area contributed by atoms with E-state index in [1.165, 1.54) is 0 Å². The predicted molar refractivity (Wildman–Crippen MR) is 52.0 cm³/mol. The topological polar surface area (TPSA) is 141 Å². The highest BCUT2D eigenvalue weighted by Crippen LogP contribution is 2.18. The van der Waals surface area contributed by atoms with Crippen molar-refractivity contribution < 1.29 is 39.8 Å². The molecule has 0 heterocycles. The first-order valence-corrected chi connectivity index (χ1v) is 4.51. The Kier molecular flexibility index (Phi) is 6.34. The molecule has 1 unspecified atom stereocenters. The van der Waals surface area contributed by atoms with Crippen LogP contribution in [0.25, 0.3) is 0 Å². The predicted octanol–water partition coefficient (Wildman–Crippen LogP) is 0.400. The van der Waals surface area contributed by atoms with Crippen LogP contribution in [0.15, 0.2) is 11.8 Å². The van der Waals surface area contributed by atoms with E-state index in [0.717, 1.165) is 0 Å². The SMILES string of the molecule is O=C(O)C/C(=C/OO)CC(CC(=O)O)C(=O)O. The average Bonchev–Trinajstić information content (AvgIpc) is 2.15. The standard InChI is InChI=1S/C9H12O8/c10-7(11)2-5(4-17-16)1-6(9(14)15)3-8(12)13/h4,6,16H,1-3H2,(H,10,11)(H,12,13)(H,14,15)/b5-4+. The van der Waals surface area contributed by atoms with Gasteiger partial charge >= 0.3 is 17.9 Å². The van der Waals surface area contributed by atoms with Crippen LogP contribution in [0.3, 0.4) is 0 Å². The summed E-state index contributed by atoms with van der Waals surface area (Å²) < 4.78 is 0. The molecular weight excluding hydrogens is 236 g/mol. The zero-order valence-corrected chi connectivity index (χ0v) is 8.70. The third-order valence-electron chi connectivity index (χ3n) is 1.88. The van der Waals surface area contributed by atoms with Crippen LogP contribution >= 0.6 is 0 Å². The maximum Gasteiger partial charge on any atom is 0.307 e. The molecule has 0 amide bonds. The van der Waals surface area contributed by atoms with Gasteiger partial charge in [-0.1, -0.05) is 0 Å². The van der Waals surface area contributed by atoms with Gasteiger partial charge in [-0.05, 0) is 12.0 Å². The molecule has 8 nitrogen and oxygen atoms in total. The highest BCUT2D eigenvalue weighted by Gasteiger charge is 2.23. The normalized spacial score (nSPS) is 12.9. The second-order valence-corrected chi connectivity index (χ2v) is 3.29. The highest BCUT2D eigenvalue weighted by molar-refractivity contribution is 5.78. The molecule has 96 valence electrons. The van der Waals surface area contributed by atoms with Gasteiger partial charge in [0.2, 0.25) is 0 Å². The fourth-order valence-electron chi connectivity index (χ4n) is 1.20. The monoisotopic (exact) mass is 248 g/mol. The molecule has 0 spiro atoms. The Morgan fingerprint density at radius 2 is 1.65 bits per heavy atom. The first-order valence-electron chi connectivity index (χ1n) is 4.51. The van der Waals surface area contributed by atoms with Gasteiger partial charge in [-0.25, -0.2) is 5.26 Å². The summed E-state index contributed by atoms with van der Waals surface area (Å²) in [6.45, 7) is 0. The lowest BCUT2D eigenvalue weighted by molar-refractivity contribution is -0.188. The fraction of sp³-hybridized carbons (Fsp3) is 0.444. The lowest BCUT2D eigenvalue weighted by atomic mass is 9.95. The number of hydrogen-bond donors (Lipinski definition) is 4. The highest BCUT2D eigenvalue weighted by atomic mass is 17.1. The quantitative estimate of drug-likeness (QED) is 0.274. The molecule has 0 aromatic carbocycles. The molecule has 4 N–H and O–H groups in total. The third kappa shape index (κ3) is 6.90. The fourth-order valence-corrected chi connectivity index (χ4v) is 1.20. The van der Waals surface area contributed by atoms with E-state index in [4.69, 9.17) is 20.6 Å². The van der Waals surface area contributed by atoms with E-state index in [0.29, 0.717) is 6.26 Å². The molecule has 0 bridgehead atoms. The molecule has 0 aliphatic heterocycles. The summed E-state index contributed by atoms with van der Waals surface area (Å²) in [5, 5.41) is 33.9. The Hall–Kier alpha value is -2.09. The van der Waals surface area contributed by atoms with Gasteiger partial charge in [-0.2, -0.15) is 0 Å². The molecule has 0 saturated carbocycles. The van der Waals surface area contributed by atoms with Crippen LogP contribution < -0.4 is 0 Å². The van der Waals surface area contributed by atoms with Gasteiger partial charge in [0.15, 0.2) is 0 Å². The molecule has 0 aliphatic carbocycles. The van der Waals surface area contributed by atoms with Crippen molar-refractivity contribution in [2.24, 2.45) is 5.92 Å². The smallest absolute Gasteiger partial charge is 0.307 e. The molecule has 17 heavy (non-hydrogen) atoms. The number of carboxylic acids is 3. The van der Waals surface area contributed by atoms with Crippen molar-refractivity contribution in [3.63, 3.8) is 0 Å². The minimum Gasteiger partial charge on any atom is -0.481 e. The number of hydrogen-bond acceptors (Lipinski definition) is 5. The van der Waals surface area contributed by atoms with Crippen LogP contribution in [0.4, 0.5) is 0 Å². The van der Waals surface area contributed by atoms with E-state index in [2.05, 4.69) is 4.89 Å². The number of aliphatic carboxylic acids is 3. The number of carbonyl (C=O) groups is 3. The Morgan fingerprint density at radius 1 is 1.06 bits per heavy atom. The van der Waals surface area contributed by atoms with Crippen molar-refractivity contribution >= 4 is 17.9 Å². The second-order valence-electron chi connectivity index (χ2n) is 3.29. The molecule has 0 aliphatic rings. The van der Waals surface area contributed by atoms with Crippen molar-refractivity contribution in [3.8, 4) is 0 Å². The molecule has 0 rings (SSSR count). The maximum absolute atomic E-state index is 10.7. The van der Waals surface area contributed by atoms with E-state index < -0.39 is 36.7 Å². The van der Waals surface area contributed by atoms with Crippen molar-refractivity contribution in [3.05, 3.63) is 11.8 Å². The Labute approximate surface area is 95.7 Å². The summed E-state index contributed by atoms with van der Waals surface area (Å²) in [6.07, 6.45) is -0.817. The van der Waals surface area contributed by atoms with Gasteiger partial charge in [-0.15, -0.1) is 0 Å². The van der Waals surface area contributed by atoms with Crippen LogP contribution in [0.5, 0.6) is 0 Å². The zero-order valence-electron chi connectivity index (χ0n) is 8.70. The molecule has 1 atom stereocenters. The minimum absolute atomic E-state index is 0.0198. The van der Waals surface area contributed by atoms with Crippen LogP contribution in [-0.2, 0) is 19.3 Å². The molecule has 0 aromatic rings. The summed E-state index contributed by atoms with van der Waals surface area (Å²) in [5.41, 5.74) is -0.0198. The lowest BCUT2D eigenvalue weighted by Crippen LogP contribution is -2.19. The van der Waals surface area contributed by atoms with Crippen LogP contribution in [-0.4, -0.2) is 38.5 Å². The largest absolute Gasteiger partial charge is 0.481 e. The maximum atomic E-state index is 10.7. The van der Waals surface area contributed by atoms with E-state index in [1.807, 2.05) is 0 Å². The van der Waals surface area contributed by atoms with Crippen LogP contribution in [0.2, 0.25) is 0 Å². The first-order chi connectivity index (χ1) is 7.86. The lowest BCUT2D eigenvalue weighted by Gasteiger charge is -2.10. The zero-order chi connectivity index (χ0) is 13.4. The summed E-state index contributed by atoms with van der Waals surface area (Å²) in [6, 6.07) is 0. The van der Waals surface area contributed by atoms with Gasteiger partial charge in [0.25, 0.3) is 0 Å². The van der Waals surface area contributed by atoms with Gasteiger partial charge in [-0.3, -0.25) is 14.4 Å². The minimum atomic E-state index is -1.36. The van der Waals surface area contributed by atoms with Crippen molar-refractivity contribution in [1.82, 2.24) is 0 Å². The number of carboxylic acid groups (broad SMARTS) is 3. The summed E-state index contributed by atoms with van der Waals surface area (Å²) in [5.74, 6) is -5.18. The van der Waals surface area contributed by atoms with Crippen molar-refractivity contribution in [2.45, 2.75) is 19.3 Å². The Balaban J connectivity index is 4.67. The van der Waals surface area contributed by atoms with Gasteiger partial charge in [0, 0.05) is 0 Å². The first kappa shape index (κ1) is 14.9. The molecule has 8 heteroatoms. The van der Waals surface area contributed by atoms with E-state index >= 15 is 0 Å². The summed E-state index contributed by atoms with van der Waals surface area (Å²) in [4.78, 5) is 35.2. The Bertz CT molecular complexity index is 332. The molecule has 0 radical (unpaired) electrons. The van der Waals surface area contributed by atoms with Gasteiger partial charge in [0.05, 0.1) is 18.8 Å². The second kappa shape index (κ2) is 7.23.